The van der Waals surface area contributed by atoms with Crippen LogP contribution in [0.25, 0.3) is 11.0 Å². The highest BCUT2D eigenvalue weighted by atomic mass is 19.1. The molecule has 1 aromatic heterocycles. The van der Waals surface area contributed by atoms with Gasteiger partial charge in [0.2, 0.25) is 0 Å². The van der Waals surface area contributed by atoms with Gasteiger partial charge >= 0.3 is 0 Å². The van der Waals surface area contributed by atoms with E-state index in [0.717, 1.165) is 31.8 Å². The van der Waals surface area contributed by atoms with Crippen LogP contribution >= 0.6 is 0 Å². The summed E-state index contributed by atoms with van der Waals surface area (Å²) in [6.07, 6.45) is 7.89. The number of hydrogen-bond acceptors (Lipinski definition) is 4. The molecule has 1 saturated heterocycles. The zero-order chi connectivity index (χ0) is 16.4. The van der Waals surface area contributed by atoms with E-state index in [-0.39, 0.29) is 5.82 Å². The molecule has 2 aromatic rings. The lowest BCUT2D eigenvalue weighted by molar-refractivity contribution is 0.0659. The van der Waals surface area contributed by atoms with Crippen molar-refractivity contribution in [2.75, 3.05) is 26.3 Å². The average Bonchev–Trinajstić information content (AvgIpc) is 3.15. The van der Waals surface area contributed by atoms with Crippen molar-refractivity contribution < 1.29 is 9.13 Å². The topological polar surface area (TPSA) is 50.6 Å². The van der Waals surface area contributed by atoms with Crippen molar-refractivity contribution in [3.63, 3.8) is 0 Å². The van der Waals surface area contributed by atoms with Crippen molar-refractivity contribution in [1.82, 2.24) is 14.9 Å². The highest BCUT2D eigenvalue weighted by molar-refractivity contribution is 5.89. The van der Waals surface area contributed by atoms with Crippen LogP contribution in [0, 0.1) is 11.7 Å². The van der Waals surface area contributed by atoms with E-state index < -0.39 is 0 Å². The number of rotatable bonds is 2. The van der Waals surface area contributed by atoms with Gasteiger partial charge in [-0.25, -0.2) is 9.38 Å². The fourth-order valence-corrected chi connectivity index (χ4v) is 3.58. The molecule has 126 valence electrons. The van der Waals surface area contributed by atoms with E-state index in [0.29, 0.717) is 35.9 Å². The van der Waals surface area contributed by atoms with E-state index in [1.165, 1.54) is 18.9 Å². The van der Waals surface area contributed by atoms with Crippen LogP contribution in [0.15, 0.2) is 29.5 Å². The summed E-state index contributed by atoms with van der Waals surface area (Å²) in [7, 11) is 0. The molecule has 0 atom stereocenters. The molecule has 0 amide bonds. The molecular weight excluding hydrogens is 307 g/mol. The van der Waals surface area contributed by atoms with Gasteiger partial charge in [0.1, 0.15) is 11.5 Å². The summed E-state index contributed by atoms with van der Waals surface area (Å²) in [5.41, 5.74) is 1.59. The summed E-state index contributed by atoms with van der Waals surface area (Å²) >= 11 is 0. The van der Waals surface area contributed by atoms with Gasteiger partial charge in [-0.2, -0.15) is 0 Å². The molecule has 1 aliphatic carbocycles. The Balaban J connectivity index is 1.74. The Morgan fingerprint density at radius 2 is 1.75 bits per heavy atom. The number of ether oxygens (including phenoxy) is 1. The predicted octanol–water partition coefficient (Wildman–Crippen LogP) is 3.32. The number of hydrogen-bond donors (Lipinski definition) is 0. The number of halogens is 1. The van der Waals surface area contributed by atoms with Gasteiger partial charge in [0.25, 0.3) is 0 Å². The normalized spacial score (nSPS) is 20.0. The fraction of sp³-hybridized carbons (Fsp3) is 0.500. The molecule has 6 heteroatoms. The standard InChI is InChI=1S/C18H21FN4O/c19-14-11-16-17(21-6-5-20-16)12-15(14)22-18(13-3-1-2-4-13)23-7-9-24-10-8-23/h5-6,11-13H,1-4,7-10H2. The third kappa shape index (κ3) is 3.11. The minimum Gasteiger partial charge on any atom is -0.378 e. The lowest BCUT2D eigenvalue weighted by atomic mass is 10.1. The second kappa shape index (κ2) is 6.81. The van der Waals surface area contributed by atoms with Crippen LogP contribution < -0.4 is 0 Å². The molecule has 0 bridgehead atoms. The first-order valence-electron chi connectivity index (χ1n) is 8.63. The van der Waals surface area contributed by atoms with E-state index in [4.69, 9.17) is 9.73 Å². The molecule has 1 aliphatic heterocycles. The maximum atomic E-state index is 14.5. The molecule has 1 saturated carbocycles. The van der Waals surface area contributed by atoms with Gasteiger partial charge in [-0.15, -0.1) is 0 Å². The van der Waals surface area contributed by atoms with Crippen LogP contribution in [-0.2, 0) is 4.74 Å². The quantitative estimate of drug-likeness (QED) is 0.627. The monoisotopic (exact) mass is 328 g/mol. The first-order valence-corrected chi connectivity index (χ1v) is 8.63. The summed E-state index contributed by atoms with van der Waals surface area (Å²) in [5.74, 6) is 1.09. The second-order valence-electron chi connectivity index (χ2n) is 6.40. The third-order valence-corrected chi connectivity index (χ3v) is 4.83. The Hall–Kier alpha value is -2.08. The zero-order valence-corrected chi connectivity index (χ0v) is 13.6. The van der Waals surface area contributed by atoms with Gasteiger partial charge in [0, 0.05) is 37.5 Å². The van der Waals surface area contributed by atoms with Crippen molar-refractivity contribution in [2.24, 2.45) is 10.9 Å². The molecule has 0 radical (unpaired) electrons. The Morgan fingerprint density at radius 1 is 1.08 bits per heavy atom. The third-order valence-electron chi connectivity index (χ3n) is 4.83. The van der Waals surface area contributed by atoms with Crippen LogP contribution in [0.2, 0.25) is 0 Å². The molecule has 2 heterocycles. The van der Waals surface area contributed by atoms with Crippen molar-refractivity contribution in [2.45, 2.75) is 25.7 Å². The number of aromatic nitrogens is 2. The van der Waals surface area contributed by atoms with Crippen LogP contribution in [0.4, 0.5) is 10.1 Å². The lowest BCUT2D eigenvalue weighted by Crippen LogP contribution is -2.43. The molecule has 24 heavy (non-hydrogen) atoms. The summed E-state index contributed by atoms with van der Waals surface area (Å²) in [5, 5.41) is 0. The van der Waals surface area contributed by atoms with Gasteiger partial charge in [0.05, 0.1) is 24.2 Å². The first kappa shape index (κ1) is 15.4. The minimum absolute atomic E-state index is 0.341. The van der Waals surface area contributed by atoms with E-state index in [2.05, 4.69) is 14.9 Å². The van der Waals surface area contributed by atoms with Crippen molar-refractivity contribution in [3.8, 4) is 0 Å². The zero-order valence-electron chi connectivity index (χ0n) is 13.6. The molecule has 2 fully saturated rings. The second-order valence-corrected chi connectivity index (χ2v) is 6.40. The predicted molar refractivity (Wildman–Crippen MR) is 90.9 cm³/mol. The Morgan fingerprint density at radius 3 is 2.46 bits per heavy atom. The SMILES string of the molecule is Fc1cc2nccnc2cc1N=C(C1CCCC1)N1CCOCC1. The Labute approximate surface area is 140 Å². The van der Waals surface area contributed by atoms with E-state index in [9.17, 15) is 4.39 Å². The molecule has 2 aliphatic rings. The molecular formula is C18H21FN4O. The Kier molecular flexibility index (Phi) is 4.38. The largest absolute Gasteiger partial charge is 0.378 e. The number of nitrogens with zero attached hydrogens (tertiary/aromatic N) is 4. The van der Waals surface area contributed by atoms with Crippen molar-refractivity contribution >= 4 is 22.6 Å². The van der Waals surface area contributed by atoms with Gasteiger partial charge in [0.15, 0.2) is 5.82 Å². The smallest absolute Gasteiger partial charge is 0.151 e. The Bertz CT molecular complexity index is 752. The summed E-state index contributed by atoms with van der Waals surface area (Å²) in [4.78, 5) is 15.4. The average molecular weight is 328 g/mol. The molecule has 0 spiro atoms. The van der Waals surface area contributed by atoms with Gasteiger partial charge in [-0.1, -0.05) is 12.8 Å². The van der Waals surface area contributed by atoms with E-state index in [1.807, 2.05) is 0 Å². The van der Waals surface area contributed by atoms with Crippen molar-refractivity contribution in [1.29, 1.82) is 0 Å². The molecule has 4 rings (SSSR count). The van der Waals surface area contributed by atoms with Crippen LogP contribution in [0.3, 0.4) is 0 Å². The first-order chi connectivity index (χ1) is 11.8. The van der Waals surface area contributed by atoms with Gasteiger partial charge < -0.3 is 9.64 Å². The number of aliphatic imine (C=N–C) groups is 1. The van der Waals surface area contributed by atoms with Gasteiger partial charge in [-0.05, 0) is 18.9 Å². The number of fused-ring (bicyclic) bond motifs is 1. The van der Waals surface area contributed by atoms with Crippen LogP contribution in [-0.4, -0.2) is 47.0 Å². The molecule has 5 nitrogen and oxygen atoms in total. The lowest BCUT2D eigenvalue weighted by Gasteiger charge is -2.32. The van der Waals surface area contributed by atoms with E-state index >= 15 is 0 Å². The highest BCUT2D eigenvalue weighted by Crippen LogP contribution is 2.31. The van der Waals surface area contributed by atoms with E-state index in [1.54, 1.807) is 18.5 Å². The van der Waals surface area contributed by atoms with Crippen LogP contribution in [0.1, 0.15) is 25.7 Å². The maximum Gasteiger partial charge on any atom is 0.151 e. The highest BCUT2D eigenvalue weighted by Gasteiger charge is 2.27. The number of benzene rings is 1. The minimum atomic E-state index is -0.341. The summed E-state index contributed by atoms with van der Waals surface area (Å²) < 4.78 is 20.0. The fourth-order valence-electron chi connectivity index (χ4n) is 3.58. The molecule has 0 N–H and O–H groups in total. The van der Waals surface area contributed by atoms with Gasteiger partial charge in [-0.3, -0.25) is 9.97 Å². The summed E-state index contributed by atoms with van der Waals surface area (Å²) in [6, 6.07) is 3.12. The summed E-state index contributed by atoms with van der Waals surface area (Å²) in [6.45, 7) is 3.06. The number of morpholine rings is 1. The van der Waals surface area contributed by atoms with Crippen LogP contribution in [0.5, 0.6) is 0 Å². The van der Waals surface area contributed by atoms with Crippen molar-refractivity contribution in [3.05, 3.63) is 30.3 Å². The molecule has 0 unspecified atom stereocenters. The maximum absolute atomic E-state index is 14.5. The number of amidine groups is 1. The molecule has 1 aromatic carbocycles.